The average molecular weight is 313 g/mol. The minimum Gasteiger partial charge on any atom is -0.488 e. The first-order valence-corrected chi connectivity index (χ1v) is 7.26. The number of nitrogens with zero attached hydrogens (tertiary/aromatic N) is 2. The highest BCUT2D eigenvalue weighted by Crippen LogP contribution is 2.29. The zero-order chi connectivity index (χ0) is 15.8. The second-order valence-electron chi connectivity index (χ2n) is 4.49. The van der Waals surface area contributed by atoms with E-state index in [1.807, 2.05) is 49.4 Å². The standard InChI is InChI=1S/C18H17ClN2O/c1-3-7-14(8-4-2)12-22-17-10-6-5-9-15(17)16-11-18(19)21-13-20-16/h3-11,13H,1,12H2,2H3/b8-4-,14-7+. The number of ether oxygens (including phenoxy) is 1. The molecule has 4 heteroatoms. The lowest BCUT2D eigenvalue weighted by molar-refractivity contribution is 0.357. The number of benzene rings is 1. The summed E-state index contributed by atoms with van der Waals surface area (Å²) in [5.41, 5.74) is 2.65. The number of rotatable bonds is 6. The summed E-state index contributed by atoms with van der Waals surface area (Å²) in [6.07, 6.45) is 9.07. The van der Waals surface area contributed by atoms with Crippen molar-refractivity contribution in [3.63, 3.8) is 0 Å². The van der Waals surface area contributed by atoms with Crippen LogP contribution in [0.1, 0.15) is 6.92 Å². The fourth-order valence-corrected chi connectivity index (χ4v) is 2.11. The Hall–Kier alpha value is -2.39. The largest absolute Gasteiger partial charge is 0.488 e. The van der Waals surface area contributed by atoms with Crippen LogP contribution in [-0.2, 0) is 0 Å². The predicted molar refractivity (Wildman–Crippen MR) is 91.1 cm³/mol. The minimum absolute atomic E-state index is 0.404. The van der Waals surface area contributed by atoms with Gasteiger partial charge in [0.25, 0.3) is 0 Å². The van der Waals surface area contributed by atoms with Gasteiger partial charge in [-0.15, -0.1) is 0 Å². The molecule has 0 spiro atoms. The third-order valence-corrected chi connectivity index (χ3v) is 3.11. The molecular formula is C18H17ClN2O. The van der Waals surface area contributed by atoms with Crippen molar-refractivity contribution in [3.05, 3.63) is 78.3 Å². The lowest BCUT2D eigenvalue weighted by Crippen LogP contribution is -2.01. The molecule has 0 aliphatic carbocycles. The van der Waals surface area contributed by atoms with Crippen molar-refractivity contribution >= 4 is 11.6 Å². The van der Waals surface area contributed by atoms with Crippen LogP contribution in [0, 0.1) is 0 Å². The second-order valence-corrected chi connectivity index (χ2v) is 4.88. The average Bonchev–Trinajstić information content (AvgIpc) is 2.53. The first kappa shape index (κ1) is 16.0. The van der Waals surface area contributed by atoms with Gasteiger partial charge in [-0.3, -0.25) is 0 Å². The molecule has 0 saturated carbocycles. The van der Waals surface area contributed by atoms with Crippen molar-refractivity contribution in [3.8, 4) is 17.0 Å². The molecule has 0 unspecified atom stereocenters. The molecule has 0 bridgehead atoms. The summed E-state index contributed by atoms with van der Waals surface area (Å²) in [5, 5.41) is 0.404. The Morgan fingerprint density at radius 3 is 2.86 bits per heavy atom. The van der Waals surface area contributed by atoms with Crippen LogP contribution in [0.25, 0.3) is 11.3 Å². The van der Waals surface area contributed by atoms with E-state index in [4.69, 9.17) is 16.3 Å². The Morgan fingerprint density at radius 1 is 1.32 bits per heavy atom. The van der Waals surface area contributed by atoms with Crippen LogP contribution in [0.2, 0.25) is 5.15 Å². The van der Waals surface area contributed by atoms with E-state index in [0.29, 0.717) is 11.8 Å². The topological polar surface area (TPSA) is 35.0 Å². The maximum Gasteiger partial charge on any atom is 0.133 e. The summed E-state index contributed by atoms with van der Waals surface area (Å²) in [5.74, 6) is 0.747. The van der Waals surface area contributed by atoms with E-state index >= 15 is 0 Å². The van der Waals surface area contributed by atoms with E-state index in [-0.39, 0.29) is 0 Å². The highest BCUT2D eigenvalue weighted by Gasteiger charge is 2.08. The molecule has 0 atom stereocenters. The molecule has 22 heavy (non-hydrogen) atoms. The van der Waals surface area contributed by atoms with Gasteiger partial charge in [-0.05, 0) is 24.6 Å². The SMILES string of the molecule is C=C/C=C(\C=C/C)COc1ccccc1-c1cc(Cl)ncn1. The van der Waals surface area contributed by atoms with Crippen LogP contribution in [0.3, 0.4) is 0 Å². The third-order valence-electron chi connectivity index (χ3n) is 2.90. The molecule has 0 fully saturated rings. The molecule has 3 nitrogen and oxygen atoms in total. The number of aromatic nitrogens is 2. The molecule has 0 saturated heterocycles. The molecular weight excluding hydrogens is 296 g/mol. The van der Waals surface area contributed by atoms with Crippen molar-refractivity contribution < 1.29 is 4.74 Å². The van der Waals surface area contributed by atoms with Gasteiger partial charge in [0, 0.05) is 11.6 Å². The van der Waals surface area contributed by atoms with Gasteiger partial charge in [0.05, 0.1) is 5.69 Å². The fourth-order valence-electron chi connectivity index (χ4n) is 1.96. The van der Waals surface area contributed by atoms with Crippen LogP contribution < -0.4 is 4.74 Å². The van der Waals surface area contributed by atoms with Crippen LogP contribution >= 0.6 is 11.6 Å². The Labute approximate surface area is 135 Å². The Kier molecular flexibility index (Phi) is 5.92. The molecule has 0 N–H and O–H groups in total. The van der Waals surface area contributed by atoms with Gasteiger partial charge in [0.1, 0.15) is 23.8 Å². The van der Waals surface area contributed by atoms with Gasteiger partial charge in [0.15, 0.2) is 0 Å². The summed E-state index contributed by atoms with van der Waals surface area (Å²) in [4.78, 5) is 8.15. The first-order chi connectivity index (χ1) is 10.7. The second kappa shape index (κ2) is 8.15. The predicted octanol–water partition coefficient (Wildman–Crippen LogP) is 4.86. The van der Waals surface area contributed by atoms with E-state index in [2.05, 4.69) is 16.5 Å². The maximum atomic E-state index is 5.94. The number of halogens is 1. The van der Waals surface area contributed by atoms with Crippen molar-refractivity contribution in [1.29, 1.82) is 0 Å². The fraction of sp³-hybridized carbons (Fsp3) is 0.111. The maximum absolute atomic E-state index is 5.94. The van der Waals surface area contributed by atoms with Crippen molar-refractivity contribution in [2.45, 2.75) is 6.92 Å². The zero-order valence-corrected chi connectivity index (χ0v) is 13.1. The Morgan fingerprint density at radius 2 is 2.14 bits per heavy atom. The van der Waals surface area contributed by atoms with Crippen LogP contribution in [0.5, 0.6) is 5.75 Å². The summed E-state index contributed by atoms with van der Waals surface area (Å²) < 4.78 is 5.93. The van der Waals surface area contributed by atoms with Gasteiger partial charge in [0.2, 0.25) is 0 Å². The highest BCUT2D eigenvalue weighted by atomic mass is 35.5. The quantitative estimate of drug-likeness (QED) is 0.564. The number of para-hydroxylation sites is 1. The monoisotopic (exact) mass is 312 g/mol. The van der Waals surface area contributed by atoms with Crippen LogP contribution in [0.15, 0.2) is 73.1 Å². The van der Waals surface area contributed by atoms with Crippen LogP contribution in [-0.4, -0.2) is 16.6 Å². The van der Waals surface area contributed by atoms with Gasteiger partial charge in [-0.25, -0.2) is 9.97 Å². The number of allylic oxidation sites excluding steroid dienone is 3. The zero-order valence-electron chi connectivity index (χ0n) is 12.4. The van der Waals surface area contributed by atoms with Gasteiger partial charge in [-0.1, -0.05) is 54.6 Å². The van der Waals surface area contributed by atoms with Gasteiger partial charge < -0.3 is 4.74 Å². The Balaban J connectivity index is 2.26. The molecule has 112 valence electrons. The van der Waals surface area contributed by atoms with Gasteiger partial charge >= 0.3 is 0 Å². The van der Waals surface area contributed by atoms with E-state index < -0.39 is 0 Å². The Bertz CT molecular complexity index is 708. The van der Waals surface area contributed by atoms with Crippen molar-refractivity contribution in [2.75, 3.05) is 6.61 Å². The van der Waals surface area contributed by atoms with E-state index in [1.165, 1.54) is 6.33 Å². The molecule has 1 heterocycles. The summed E-state index contributed by atoms with van der Waals surface area (Å²) in [6, 6.07) is 9.43. The number of hydrogen-bond acceptors (Lipinski definition) is 3. The van der Waals surface area contributed by atoms with E-state index in [9.17, 15) is 0 Å². The van der Waals surface area contributed by atoms with E-state index in [1.54, 1.807) is 12.1 Å². The van der Waals surface area contributed by atoms with Crippen molar-refractivity contribution in [1.82, 2.24) is 9.97 Å². The molecule has 0 amide bonds. The van der Waals surface area contributed by atoms with Gasteiger partial charge in [-0.2, -0.15) is 0 Å². The third kappa shape index (κ3) is 4.30. The molecule has 1 aromatic carbocycles. The summed E-state index contributed by atoms with van der Waals surface area (Å²) >= 11 is 5.94. The minimum atomic E-state index is 0.404. The first-order valence-electron chi connectivity index (χ1n) is 6.88. The number of hydrogen-bond donors (Lipinski definition) is 0. The highest BCUT2D eigenvalue weighted by molar-refractivity contribution is 6.29. The molecule has 1 aromatic heterocycles. The molecule has 0 aliphatic rings. The summed E-state index contributed by atoms with van der Waals surface area (Å²) in [7, 11) is 0. The molecule has 2 rings (SSSR count). The smallest absolute Gasteiger partial charge is 0.133 e. The molecule has 2 aromatic rings. The van der Waals surface area contributed by atoms with E-state index in [0.717, 1.165) is 22.6 Å². The van der Waals surface area contributed by atoms with Crippen molar-refractivity contribution in [2.24, 2.45) is 0 Å². The lowest BCUT2D eigenvalue weighted by atomic mass is 10.1. The normalized spacial score (nSPS) is 11.6. The molecule has 0 radical (unpaired) electrons. The summed E-state index contributed by atoms with van der Waals surface area (Å²) in [6.45, 7) is 6.13. The van der Waals surface area contributed by atoms with Crippen LogP contribution in [0.4, 0.5) is 0 Å². The molecule has 0 aliphatic heterocycles. The lowest BCUT2D eigenvalue weighted by Gasteiger charge is -2.11.